The Bertz CT molecular complexity index is 672. The number of rotatable bonds is 2. The topological polar surface area (TPSA) is 81.2 Å². The number of nitrogens with one attached hydrogen (secondary N) is 2. The van der Waals surface area contributed by atoms with Gasteiger partial charge in [-0.2, -0.15) is 0 Å². The van der Waals surface area contributed by atoms with Crippen LogP contribution in [0.2, 0.25) is 0 Å². The number of thiophene rings is 1. The Balaban J connectivity index is 2.05. The van der Waals surface area contributed by atoms with Crippen LogP contribution in [0.25, 0.3) is 0 Å². The fourth-order valence-corrected chi connectivity index (χ4v) is 3.81. The fourth-order valence-electron chi connectivity index (χ4n) is 2.97. The first kappa shape index (κ1) is 15.1. The van der Waals surface area contributed by atoms with E-state index in [1.165, 1.54) is 4.88 Å². The molecule has 0 aliphatic carbocycles. The third-order valence-corrected chi connectivity index (χ3v) is 4.81. The molecule has 0 aromatic carbocycles. The molecule has 1 amide bonds. The van der Waals surface area contributed by atoms with E-state index in [1.807, 2.05) is 6.07 Å². The number of aromatic amines is 1. The van der Waals surface area contributed by atoms with Crippen molar-refractivity contribution in [3.63, 3.8) is 0 Å². The highest BCUT2D eigenvalue weighted by Crippen LogP contribution is 2.40. The Morgan fingerprint density at radius 1 is 1.55 bits per heavy atom. The van der Waals surface area contributed by atoms with Gasteiger partial charge >= 0.3 is 6.09 Å². The molecule has 1 unspecified atom stereocenters. The van der Waals surface area contributed by atoms with Crippen molar-refractivity contribution in [2.45, 2.75) is 38.8 Å². The van der Waals surface area contributed by atoms with Crippen LogP contribution in [0.15, 0.2) is 17.5 Å². The fraction of sp³-hybridized carbons (Fsp3) is 0.467. The van der Waals surface area contributed by atoms with Crippen molar-refractivity contribution >= 4 is 23.4 Å². The van der Waals surface area contributed by atoms with E-state index in [9.17, 15) is 4.79 Å². The highest BCUT2D eigenvalue weighted by molar-refractivity contribution is 7.10. The van der Waals surface area contributed by atoms with E-state index in [4.69, 9.17) is 5.11 Å². The molecular formula is C15H20N4O2S. The molecule has 0 spiro atoms. The number of hydrogen-bond donors (Lipinski definition) is 3. The van der Waals surface area contributed by atoms with Gasteiger partial charge in [-0.25, -0.2) is 9.78 Å². The van der Waals surface area contributed by atoms with Gasteiger partial charge in [0.2, 0.25) is 5.95 Å². The SMILES string of the molecule is CC(C)(C)N1CCc2[nH]c(NC(=O)O)nc2C1c1cccs1. The lowest BCUT2D eigenvalue weighted by Crippen LogP contribution is -2.47. The minimum Gasteiger partial charge on any atom is -0.465 e. The molecule has 0 fully saturated rings. The number of H-pyrrole nitrogens is 1. The van der Waals surface area contributed by atoms with Crippen molar-refractivity contribution in [2.75, 3.05) is 11.9 Å². The Kier molecular flexibility index (Phi) is 3.70. The standard InChI is InChI=1S/C15H20N4O2S/c1-15(2,3)19-7-6-9-11(12(19)10-5-4-8-22-10)17-13(16-9)18-14(20)21/h4-5,8,12H,6-7H2,1-3H3,(H,20,21)(H2,16,17,18). The summed E-state index contributed by atoms with van der Waals surface area (Å²) in [6.07, 6.45) is -0.269. The van der Waals surface area contributed by atoms with Crippen LogP contribution < -0.4 is 5.32 Å². The minimum atomic E-state index is -1.11. The maximum absolute atomic E-state index is 10.8. The highest BCUT2D eigenvalue weighted by Gasteiger charge is 2.38. The van der Waals surface area contributed by atoms with Gasteiger partial charge in [-0.05, 0) is 32.2 Å². The maximum atomic E-state index is 10.8. The zero-order valence-electron chi connectivity index (χ0n) is 12.9. The molecule has 7 heteroatoms. The molecule has 0 radical (unpaired) electrons. The van der Waals surface area contributed by atoms with Crippen LogP contribution in [0.3, 0.4) is 0 Å². The van der Waals surface area contributed by atoms with Crippen LogP contribution in [0.5, 0.6) is 0 Å². The Hall–Kier alpha value is -1.86. The number of anilines is 1. The van der Waals surface area contributed by atoms with E-state index in [2.05, 4.69) is 52.4 Å². The van der Waals surface area contributed by atoms with Gasteiger partial charge in [0.1, 0.15) is 0 Å². The van der Waals surface area contributed by atoms with Gasteiger partial charge in [-0.3, -0.25) is 10.2 Å². The molecule has 3 rings (SSSR count). The summed E-state index contributed by atoms with van der Waals surface area (Å²) in [5.74, 6) is 0.301. The van der Waals surface area contributed by atoms with Gasteiger partial charge in [0.15, 0.2) is 0 Å². The summed E-state index contributed by atoms with van der Waals surface area (Å²) in [5.41, 5.74) is 1.95. The summed E-state index contributed by atoms with van der Waals surface area (Å²) in [7, 11) is 0. The monoisotopic (exact) mass is 320 g/mol. The van der Waals surface area contributed by atoms with Crippen LogP contribution in [0.1, 0.15) is 43.1 Å². The molecule has 118 valence electrons. The van der Waals surface area contributed by atoms with E-state index in [-0.39, 0.29) is 11.6 Å². The second-order valence-electron chi connectivity index (χ2n) is 6.41. The second-order valence-corrected chi connectivity index (χ2v) is 7.39. The first-order valence-electron chi connectivity index (χ1n) is 7.25. The number of imidazole rings is 1. The van der Waals surface area contributed by atoms with E-state index in [1.54, 1.807) is 11.3 Å². The molecule has 3 N–H and O–H groups in total. The first-order valence-corrected chi connectivity index (χ1v) is 8.13. The van der Waals surface area contributed by atoms with E-state index < -0.39 is 6.09 Å². The molecule has 2 aromatic rings. The summed E-state index contributed by atoms with van der Waals surface area (Å²) < 4.78 is 0. The Morgan fingerprint density at radius 3 is 2.91 bits per heavy atom. The van der Waals surface area contributed by atoms with Crippen LogP contribution in [0.4, 0.5) is 10.7 Å². The van der Waals surface area contributed by atoms with Crippen molar-refractivity contribution in [3.8, 4) is 0 Å². The molecule has 6 nitrogen and oxygen atoms in total. The van der Waals surface area contributed by atoms with Crippen LogP contribution >= 0.6 is 11.3 Å². The summed E-state index contributed by atoms with van der Waals surface area (Å²) in [5, 5.41) is 13.3. The smallest absolute Gasteiger partial charge is 0.411 e. The molecule has 0 saturated carbocycles. The Morgan fingerprint density at radius 2 is 2.32 bits per heavy atom. The summed E-state index contributed by atoms with van der Waals surface area (Å²) in [4.78, 5) is 22.1. The van der Waals surface area contributed by atoms with Crippen molar-refractivity contribution in [3.05, 3.63) is 33.8 Å². The number of aromatic nitrogens is 2. The molecule has 0 bridgehead atoms. The summed E-state index contributed by atoms with van der Waals surface area (Å²) in [6, 6.07) is 4.21. The number of carboxylic acid groups (broad SMARTS) is 1. The van der Waals surface area contributed by atoms with Crippen LogP contribution in [-0.4, -0.2) is 38.2 Å². The minimum absolute atomic E-state index is 0.00564. The summed E-state index contributed by atoms with van der Waals surface area (Å²) >= 11 is 1.70. The average molecular weight is 320 g/mol. The quantitative estimate of drug-likeness (QED) is 0.793. The highest BCUT2D eigenvalue weighted by atomic mass is 32.1. The zero-order chi connectivity index (χ0) is 15.9. The molecule has 3 heterocycles. The van der Waals surface area contributed by atoms with Crippen LogP contribution in [-0.2, 0) is 6.42 Å². The van der Waals surface area contributed by atoms with Gasteiger partial charge in [-0.1, -0.05) is 6.07 Å². The molecule has 2 aromatic heterocycles. The zero-order valence-corrected chi connectivity index (χ0v) is 13.7. The Labute approximate surface area is 133 Å². The van der Waals surface area contributed by atoms with E-state index in [0.29, 0.717) is 5.95 Å². The van der Waals surface area contributed by atoms with Gasteiger partial charge in [0.25, 0.3) is 0 Å². The van der Waals surface area contributed by atoms with E-state index >= 15 is 0 Å². The van der Waals surface area contributed by atoms with Gasteiger partial charge in [-0.15, -0.1) is 11.3 Å². The number of amides is 1. The lowest BCUT2D eigenvalue weighted by Gasteiger charge is -2.43. The lowest BCUT2D eigenvalue weighted by molar-refractivity contribution is 0.0918. The van der Waals surface area contributed by atoms with Crippen molar-refractivity contribution < 1.29 is 9.90 Å². The van der Waals surface area contributed by atoms with Gasteiger partial charge < -0.3 is 10.1 Å². The number of hydrogen-bond acceptors (Lipinski definition) is 4. The number of carbonyl (C=O) groups is 1. The van der Waals surface area contributed by atoms with Crippen molar-refractivity contribution in [2.24, 2.45) is 0 Å². The normalized spacial score (nSPS) is 19.0. The maximum Gasteiger partial charge on any atom is 0.411 e. The van der Waals surface area contributed by atoms with Crippen LogP contribution in [0, 0.1) is 0 Å². The molecule has 22 heavy (non-hydrogen) atoms. The molecule has 0 saturated heterocycles. The largest absolute Gasteiger partial charge is 0.465 e. The van der Waals surface area contributed by atoms with E-state index in [0.717, 1.165) is 24.4 Å². The molecule has 1 aliphatic heterocycles. The number of fused-ring (bicyclic) bond motifs is 1. The average Bonchev–Trinajstić information content (AvgIpc) is 3.03. The molecule has 1 atom stereocenters. The predicted molar refractivity (Wildman–Crippen MR) is 86.6 cm³/mol. The van der Waals surface area contributed by atoms with Gasteiger partial charge in [0, 0.05) is 29.1 Å². The van der Waals surface area contributed by atoms with Crippen molar-refractivity contribution in [1.29, 1.82) is 0 Å². The van der Waals surface area contributed by atoms with Crippen molar-refractivity contribution in [1.82, 2.24) is 14.9 Å². The lowest BCUT2D eigenvalue weighted by atomic mass is 9.94. The summed E-state index contributed by atoms with van der Waals surface area (Å²) in [6.45, 7) is 7.50. The third-order valence-electron chi connectivity index (χ3n) is 3.88. The molecular weight excluding hydrogens is 300 g/mol. The first-order chi connectivity index (χ1) is 10.4. The third kappa shape index (κ3) is 2.74. The number of nitrogens with zero attached hydrogens (tertiary/aromatic N) is 2. The molecule has 1 aliphatic rings. The van der Waals surface area contributed by atoms with Gasteiger partial charge in [0.05, 0.1) is 11.7 Å². The predicted octanol–water partition coefficient (Wildman–Crippen LogP) is 3.31. The second kappa shape index (κ2) is 5.40.